The van der Waals surface area contributed by atoms with Crippen LogP contribution in [-0.4, -0.2) is 25.5 Å². The Morgan fingerprint density at radius 2 is 0.939 bits per heavy atom. The van der Waals surface area contributed by atoms with Crippen LogP contribution >= 0.6 is 0 Å². The molecule has 0 amide bonds. The molecule has 0 saturated heterocycles. The van der Waals surface area contributed by atoms with Gasteiger partial charge in [-0.15, -0.1) is 0 Å². The standard InChI is InChI=1S/C30H59NO2/c1-4-6-8-10-12-13-14-15-16-17-18-19-20-22-24-26-28-33-30(29(3)31)32-27-25-23-21-11-9-7-5-2/h12-13,15-16,29-30H,4-11,14,17-28,31H2,1-3H3/b13-12-,16-15-. The van der Waals surface area contributed by atoms with Crippen LogP contribution in [0.15, 0.2) is 24.3 Å². The smallest absolute Gasteiger partial charge is 0.172 e. The second kappa shape index (κ2) is 27.6. The highest BCUT2D eigenvalue weighted by Gasteiger charge is 2.14. The van der Waals surface area contributed by atoms with Crippen molar-refractivity contribution in [3.05, 3.63) is 24.3 Å². The highest BCUT2D eigenvalue weighted by molar-refractivity contribution is 4.92. The minimum atomic E-state index is -0.247. The molecule has 0 aromatic heterocycles. The van der Waals surface area contributed by atoms with E-state index in [0.717, 1.165) is 32.5 Å². The molecule has 0 spiro atoms. The van der Waals surface area contributed by atoms with E-state index in [1.807, 2.05) is 6.92 Å². The van der Waals surface area contributed by atoms with Crippen molar-refractivity contribution in [2.24, 2.45) is 5.73 Å². The quantitative estimate of drug-likeness (QED) is 0.0786. The number of allylic oxidation sites excluding steroid dienone is 4. The van der Waals surface area contributed by atoms with Crippen LogP contribution in [0.3, 0.4) is 0 Å². The number of hydrogen-bond donors (Lipinski definition) is 1. The minimum Gasteiger partial charge on any atom is -0.351 e. The maximum atomic E-state index is 6.04. The third-order valence-corrected chi connectivity index (χ3v) is 6.09. The molecule has 0 rings (SSSR count). The van der Waals surface area contributed by atoms with E-state index in [1.54, 1.807) is 0 Å². The Balaban J connectivity index is 3.46. The minimum absolute atomic E-state index is 0.0702. The van der Waals surface area contributed by atoms with E-state index in [4.69, 9.17) is 15.2 Å². The van der Waals surface area contributed by atoms with Gasteiger partial charge in [0.1, 0.15) is 0 Å². The topological polar surface area (TPSA) is 44.5 Å². The van der Waals surface area contributed by atoms with E-state index in [1.165, 1.54) is 103 Å². The van der Waals surface area contributed by atoms with Gasteiger partial charge in [-0.2, -0.15) is 0 Å². The number of rotatable bonds is 26. The van der Waals surface area contributed by atoms with E-state index in [9.17, 15) is 0 Å². The van der Waals surface area contributed by atoms with Crippen LogP contribution in [0.4, 0.5) is 0 Å². The second-order valence-electron chi connectivity index (χ2n) is 9.67. The Hall–Kier alpha value is -0.640. The van der Waals surface area contributed by atoms with Gasteiger partial charge in [-0.1, -0.05) is 115 Å². The highest BCUT2D eigenvalue weighted by atomic mass is 16.7. The van der Waals surface area contributed by atoms with E-state index in [0.29, 0.717) is 0 Å². The predicted molar refractivity (Wildman–Crippen MR) is 147 cm³/mol. The summed E-state index contributed by atoms with van der Waals surface area (Å²) in [6.07, 6.45) is 33.3. The van der Waals surface area contributed by atoms with Crippen molar-refractivity contribution in [3.8, 4) is 0 Å². The summed E-state index contributed by atoms with van der Waals surface area (Å²) in [5.41, 5.74) is 6.04. The Morgan fingerprint density at radius 3 is 1.42 bits per heavy atom. The van der Waals surface area contributed by atoms with Crippen LogP contribution in [0.25, 0.3) is 0 Å². The number of ether oxygens (including phenoxy) is 2. The van der Waals surface area contributed by atoms with Gasteiger partial charge in [0.2, 0.25) is 0 Å². The maximum Gasteiger partial charge on any atom is 0.172 e. The molecule has 0 aromatic carbocycles. The van der Waals surface area contributed by atoms with Gasteiger partial charge in [-0.3, -0.25) is 0 Å². The van der Waals surface area contributed by atoms with Crippen LogP contribution in [0.5, 0.6) is 0 Å². The van der Waals surface area contributed by atoms with E-state index < -0.39 is 0 Å². The molecule has 0 saturated carbocycles. The second-order valence-corrected chi connectivity index (χ2v) is 9.67. The van der Waals surface area contributed by atoms with Crippen molar-refractivity contribution in [2.75, 3.05) is 13.2 Å². The zero-order valence-electron chi connectivity index (χ0n) is 22.7. The van der Waals surface area contributed by atoms with Crippen molar-refractivity contribution in [1.29, 1.82) is 0 Å². The van der Waals surface area contributed by atoms with Gasteiger partial charge < -0.3 is 15.2 Å². The largest absolute Gasteiger partial charge is 0.351 e. The lowest BCUT2D eigenvalue weighted by atomic mass is 10.1. The van der Waals surface area contributed by atoms with Crippen molar-refractivity contribution in [2.45, 2.75) is 155 Å². The third-order valence-electron chi connectivity index (χ3n) is 6.09. The van der Waals surface area contributed by atoms with Gasteiger partial charge in [0, 0.05) is 13.2 Å². The summed E-state index contributed by atoms with van der Waals surface area (Å²) in [6, 6.07) is -0.0702. The first-order valence-corrected chi connectivity index (χ1v) is 14.5. The molecule has 0 fully saturated rings. The van der Waals surface area contributed by atoms with Crippen LogP contribution in [0.2, 0.25) is 0 Å². The van der Waals surface area contributed by atoms with Gasteiger partial charge in [-0.25, -0.2) is 0 Å². The predicted octanol–water partition coefficient (Wildman–Crippen LogP) is 9.26. The summed E-state index contributed by atoms with van der Waals surface area (Å²) < 4.78 is 11.8. The summed E-state index contributed by atoms with van der Waals surface area (Å²) in [4.78, 5) is 0. The van der Waals surface area contributed by atoms with E-state index >= 15 is 0 Å². The molecule has 0 heterocycles. The summed E-state index contributed by atoms with van der Waals surface area (Å²) >= 11 is 0. The first kappa shape index (κ1) is 32.4. The van der Waals surface area contributed by atoms with Crippen LogP contribution in [0, 0.1) is 0 Å². The summed E-state index contributed by atoms with van der Waals surface area (Å²) in [5, 5.41) is 0. The number of unbranched alkanes of at least 4 members (excludes halogenated alkanes) is 15. The zero-order chi connectivity index (χ0) is 24.2. The number of nitrogens with two attached hydrogens (primary N) is 1. The lowest BCUT2D eigenvalue weighted by Gasteiger charge is -2.22. The Labute approximate surface area is 208 Å². The van der Waals surface area contributed by atoms with Crippen molar-refractivity contribution >= 4 is 0 Å². The van der Waals surface area contributed by atoms with Crippen LogP contribution < -0.4 is 5.73 Å². The van der Waals surface area contributed by atoms with Gasteiger partial charge >= 0.3 is 0 Å². The molecular formula is C30H59NO2. The lowest BCUT2D eigenvalue weighted by molar-refractivity contribution is -0.153. The average Bonchev–Trinajstić information content (AvgIpc) is 2.81. The summed E-state index contributed by atoms with van der Waals surface area (Å²) in [6.45, 7) is 8.03. The average molecular weight is 466 g/mol. The maximum absolute atomic E-state index is 6.04. The Bertz CT molecular complexity index is 420. The van der Waals surface area contributed by atoms with Gasteiger partial charge in [-0.05, 0) is 51.9 Å². The molecule has 0 aromatic rings. The molecule has 0 aliphatic rings. The van der Waals surface area contributed by atoms with Crippen LogP contribution in [-0.2, 0) is 9.47 Å². The number of hydrogen-bond acceptors (Lipinski definition) is 3. The summed E-state index contributed by atoms with van der Waals surface area (Å²) in [7, 11) is 0. The first-order valence-electron chi connectivity index (χ1n) is 14.5. The molecular weight excluding hydrogens is 406 g/mol. The normalized spacial score (nSPS) is 13.9. The van der Waals surface area contributed by atoms with Gasteiger partial charge in [0.05, 0.1) is 6.04 Å². The van der Waals surface area contributed by atoms with E-state index in [2.05, 4.69) is 38.2 Å². The molecule has 3 heteroatoms. The van der Waals surface area contributed by atoms with E-state index in [-0.39, 0.29) is 12.3 Å². The fraction of sp³-hybridized carbons (Fsp3) is 0.867. The molecule has 0 bridgehead atoms. The highest BCUT2D eigenvalue weighted by Crippen LogP contribution is 2.11. The molecule has 33 heavy (non-hydrogen) atoms. The molecule has 0 aliphatic heterocycles. The van der Waals surface area contributed by atoms with Crippen LogP contribution in [0.1, 0.15) is 143 Å². The van der Waals surface area contributed by atoms with Gasteiger partial charge in [0.15, 0.2) is 6.29 Å². The molecule has 0 radical (unpaired) electrons. The molecule has 2 N–H and O–H groups in total. The summed E-state index contributed by atoms with van der Waals surface area (Å²) in [5.74, 6) is 0. The molecule has 2 atom stereocenters. The molecule has 0 aliphatic carbocycles. The van der Waals surface area contributed by atoms with Crippen molar-refractivity contribution < 1.29 is 9.47 Å². The SMILES string of the molecule is CCCCC/C=C\C/C=C\CCCCCCCCOC(OCCCCCCCCC)C(C)N. The molecule has 3 nitrogen and oxygen atoms in total. The fourth-order valence-corrected chi connectivity index (χ4v) is 3.90. The lowest BCUT2D eigenvalue weighted by Crippen LogP contribution is -2.36. The zero-order valence-corrected chi connectivity index (χ0v) is 22.7. The third kappa shape index (κ3) is 25.8. The van der Waals surface area contributed by atoms with Gasteiger partial charge in [0.25, 0.3) is 0 Å². The fourth-order valence-electron chi connectivity index (χ4n) is 3.90. The van der Waals surface area contributed by atoms with Crippen molar-refractivity contribution in [3.63, 3.8) is 0 Å². The monoisotopic (exact) mass is 465 g/mol. The Kier molecular flexibility index (Phi) is 27.1. The first-order chi connectivity index (χ1) is 16.2. The molecule has 2 unspecified atom stereocenters. The van der Waals surface area contributed by atoms with Crippen molar-refractivity contribution in [1.82, 2.24) is 0 Å². The molecule has 196 valence electrons. The Morgan fingerprint density at radius 1 is 0.545 bits per heavy atom.